The van der Waals surface area contributed by atoms with Gasteiger partial charge in [-0.1, -0.05) is 11.6 Å². The lowest BCUT2D eigenvalue weighted by Gasteiger charge is -2.07. The third-order valence-corrected chi connectivity index (χ3v) is 3.43. The van der Waals surface area contributed by atoms with E-state index in [0.29, 0.717) is 34.4 Å². The molecule has 2 amide bonds. The van der Waals surface area contributed by atoms with Gasteiger partial charge in [0.25, 0.3) is 0 Å². The number of hydrazone groups is 1. The molecule has 7 nitrogen and oxygen atoms in total. The van der Waals surface area contributed by atoms with Crippen molar-refractivity contribution in [3.8, 4) is 11.5 Å². The monoisotopic (exact) mass is 375 g/mol. The van der Waals surface area contributed by atoms with Crippen LogP contribution in [0.5, 0.6) is 11.5 Å². The van der Waals surface area contributed by atoms with Crippen molar-refractivity contribution in [3.05, 3.63) is 53.1 Å². The van der Waals surface area contributed by atoms with E-state index in [2.05, 4.69) is 15.8 Å². The predicted octanol–water partition coefficient (Wildman–Crippen LogP) is 2.84. The number of ether oxygens (including phenoxy) is 2. The van der Waals surface area contributed by atoms with Crippen LogP contribution in [0.3, 0.4) is 0 Å². The number of anilines is 1. The lowest BCUT2D eigenvalue weighted by Crippen LogP contribution is -2.32. The average Bonchev–Trinajstić information content (AvgIpc) is 2.64. The number of hydrogen-bond acceptors (Lipinski definition) is 5. The molecule has 2 aromatic rings. The Morgan fingerprint density at radius 3 is 2.54 bits per heavy atom. The molecule has 2 aromatic carbocycles. The van der Waals surface area contributed by atoms with E-state index < -0.39 is 11.8 Å². The summed E-state index contributed by atoms with van der Waals surface area (Å²) in [5.74, 6) is -0.540. The van der Waals surface area contributed by atoms with Crippen LogP contribution in [-0.4, -0.2) is 31.7 Å². The summed E-state index contributed by atoms with van der Waals surface area (Å²) >= 11 is 5.94. The summed E-state index contributed by atoms with van der Waals surface area (Å²) in [6, 6.07) is 11.6. The normalized spacial score (nSPS) is 10.4. The van der Waals surface area contributed by atoms with Gasteiger partial charge in [0.2, 0.25) is 0 Å². The highest BCUT2D eigenvalue weighted by atomic mass is 35.5. The molecule has 8 heteroatoms. The highest BCUT2D eigenvalue weighted by Gasteiger charge is 2.13. The molecule has 0 aliphatic carbocycles. The van der Waals surface area contributed by atoms with Crippen molar-refractivity contribution in [1.29, 1.82) is 0 Å². The standard InChI is InChI=1S/C18H18ClN3O4/c1-3-26-16-9-4-13(19)10-12(16)11-20-22-18(24)17(23)21-14-5-7-15(25-2)8-6-14/h4-11H,3H2,1-2H3,(H,21,23)(H,22,24)/b20-11-. The summed E-state index contributed by atoms with van der Waals surface area (Å²) < 4.78 is 10.5. The van der Waals surface area contributed by atoms with E-state index in [1.807, 2.05) is 6.92 Å². The average molecular weight is 376 g/mol. The van der Waals surface area contributed by atoms with E-state index in [-0.39, 0.29) is 0 Å². The third-order valence-electron chi connectivity index (χ3n) is 3.20. The van der Waals surface area contributed by atoms with Crippen molar-refractivity contribution < 1.29 is 19.1 Å². The molecule has 0 fully saturated rings. The van der Waals surface area contributed by atoms with Crippen LogP contribution in [-0.2, 0) is 9.59 Å². The number of methoxy groups -OCH3 is 1. The zero-order valence-electron chi connectivity index (χ0n) is 14.3. The maximum absolute atomic E-state index is 11.9. The quantitative estimate of drug-likeness (QED) is 0.461. The first-order chi connectivity index (χ1) is 12.5. The second-order valence-corrected chi connectivity index (χ2v) is 5.43. The van der Waals surface area contributed by atoms with E-state index in [9.17, 15) is 9.59 Å². The number of carbonyl (C=O) groups excluding carboxylic acids is 2. The number of carbonyl (C=O) groups is 2. The van der Waals surface area contributed by atoms with Gasteiger partial charge in [0.05, 0.1) is 19.9 Å². The van der Waals surface area contributed by atoms with Crippen LogP contribution in [0, 0.1) is 0 Å². The van der Waals surface area contributed by atoms with Crippen molar-refractivity contribution in [2.45, 2.75) is 6.92 Å². The fourth-order valence-corrected chi connectivity index (χ4v) is 2.16. The molecule has 0 aliphatic rings. The van der Waals surface area contributed by atoms with Crippen LogP contribution in [0.2, 0.25) is 5.02 Å². The number of hydrogen-bond donors (Lipinski definition) is 2. The van der Waals surface area contributed by atoms with Gasteiger partial charge in [-0.25, -0.2) is 5.43 Å². The molecule has 0 unspecified atom stereocenters. The Kier molecular flexibility index (Phi) is 6.99. The van der Waals surface area contributed by atoms with Crippen molar-refractivity contribution >= 4 is 35.3 Å². The zero-order chi connectivity index (χ0) is 18.9. The van der Waals surface area contributed by atoms with Crippen molar-refractivity contribution in [2.75, 3.05) is 19.0 Å². The molecule has 0 spiro atoms. The second-order valence-electron chi connectivity index (χ2n) is 5.00. The van der Waals surface area contributed by atoms with Crippen LogP contribution in [0.1, 0.15) is 12.5 Å². The van der Waals surface area contributed by atoms with E-state index in [0.717, 1.165) is 0 Å². The van der Waals surface area contributed by atoms with E-state index in [1.165, 1.54) is 13.3 Å². The molecule has 0 atom stereocenters. The molecule has 0 aliphatic heterocycles. The number of rotatable bonds is 6. The minimum atomic E-state index is -0.906. The fourth-order valence-electron chi connectivity index (χ4n) is 1.98. The van der Waals surface area contributed by atoms with Gasteiger partial charge in [0, 0.05) is 16.3 Å². The topological polar surface area (TPSA) is 89.0 Å². The van der Waals surface area contributed by atoms with Gasteiger partial charge in [0.15, 0.2) is 0 Å². The molecule has 0 heterocycles. The Balaban J connectivity index is 1.95. The van der Waals surface area contributed by atoms with Crippen LogP contribution in [0.4, 0.5) is 5.69 Å². The molecule has 2 rings (SSSR count). The maximum Gasteiger partial charge on any atom is 0.329 e. The minimum absolute atomic E-state index is 0.461. The Labute approximate surface area is 155 Å². The maximum atomic E-state index is 11.9. The summed E-state index contributed by atoms with van der Waals surface area (Å²) in [5, 5.41) is 6.73. The number of nitrogens with zero attached hydrogens (tertiary/aromatic N) is 1. The smallest absolute Gasteiger partial charge is 0.329 e. The molecule has 26 heavy (non-hydrogen) atoms. The molecule has 136 valence electrons. The molecule has 0 bridgehead atoms. The molecule has 0 saturated carbocycles. The summed E-state index contributed by atoms with van der Waals surface area (Å²) in [5.41, 5.74) is 3.20. The Bertz CT molecular complexity index is 807. The predicted molar refractivity (Wildman–Crippen MR) is 100.0 cm³/mol. The largest absolute Gasteiger partial charge is 0.497 e. The molecule has 0 saturated heterocycles. The van der Waals surface area contributed by atoms with Gasteiger partial charge in [-0.3, -0.25) is 9.59 Å². The third kappa shape index (κ3) is 5.49. The summed E-state index contributed by atoms with van der Waals surface area (Å²) in [6.07, 6.45) is 1.36. The first-order valence-corrected chi connectivity index (χ1v) is 8.12. The van der Waals surface area contributed by atoms with Crippen molar-refractivity contribution in [2.24, 2.45) is 5.10 Å². The lowest BCUT2D eigenvalue weighted by atomic mass is 10.2. The number of amides is 2. The van der Waals surface area contributed by atoms with Crippen molar-refractivity contribution in [1.82, 2.24) is 5.43 Å². The van der Waals surface area contributed by atoms with Gasteiger partial charge < -0.3 is 14.8 Å². The van der Waals surface area contributed by atoms with Gasteiger partial charge in [-0.2, -0.15) is 5.10 Å². The summed E-state index contributed by atoms with van der Waals surface area (Å²) in [4.78, 5) is 23.7. The number of benzene rings is 2. The van der Waals surface area contributed by atoms with E-state index in [1.54, 1.807) is 42.5 Å². The molecule has 0 aromatic heterocycles. The zero-order valence-corrected chi connectivity index (χ0v) is 15.0. The Hall–Kier alpha value is -3.06. The molecular formula is C18H18ClN3O4. The molecular weight excluding hydrogens is 358 g/mol. The van der Waals surface area contributed by atoms with Crippen LogP contribution in [0.25, 0.3) is 0 Å². The van der Waals surface area contributed by atoms with E-state index >= 15 is 0 Å². The first kappa shape index (κ1) is 19.3. The first-order valence-electron chi connectivity index (χ1n) is 7.74. The van der Waals surface area contributed by atoms with Crippen LogP contribution < -0.4 is 20.2 Å². The number of nitrogens with one attached hydrogen (secondary N) is 2. The van der Waals surface area contributed by atoms with Gasteiger partial charge in [0.1, 0.15) is 11.5 Å². The van der Waals surface area contributed by atoms with Gasteiger partial charge >= 0.3 is 11.8 Å². The second kappa shape index (κ2) is 9.43. The Morgan fingerprint density at radius 2 is 1.88 bits per heavy atom. The van der Waals surface area contributed by atoms with Gasteiger partial charge in [-0.05, 0) is 49.4 Å². The van der Waals surface area contributed by atoms with E-state index in [4.69, 9.17) is 21.1 Å². The Morgan fingerprint density at radius 1 is 1.15 bits per heavy atom. The summed E-state index contributed by atoms with van der Waals surface area (Å²) in [7, 11) is 1.54. The highest BCUT2D eigenvalue weighted by Crippen LogP contribution is 2.21. The van der Waals surface area contributed by atoms with Crippen molar-refractivity contribution in [3.63, 3.8) is 0 Å². The molecule has 0 radical (unpaired) electrons. The highest BCUT2D eigenvalue weighted by molar-refractivity contribution is 6.39. The fraction of sp³-hybridized carbons (Fsp3) is 0.167. The van der Waals surface area contributed by atoms with Crippen LogP contribution in [0.15, 0.2) is 47.6 Å². The van der Waals surface area contributed by atoms with Crippen LogP contribution >= 0.6 is 11.6 Å². The van der Waals surface area contributed by atoms with Gasteiger partial charge in [-0.15, -0.1) is 0 Å². The lowest BCUT2D eigenvalue weighted by molar-refractivity contribution is -0.136. The minimum Gasteiger partial charge on any atom is -0.497 e. The number of halogens is 1. The SMILES string of the molecule is CCOc1ccc(Cl)cc1/C=N\NC(=O)C(=O)Nc1ccc(OC)cc1. The summed E-state index contributed by atoms with van der Waals surface area (Å²) in [6.45, 7) is 2.32. The molecule has 2 N–H and O–H groups in total.